The van der Waals surface area contributed by atoms with Crippen LogP contribution in [0.2, 0.25) is 0 Å². The molecule has 0 saturated carbocycles. The molecule has 1 N–H and O–H groups in total. The maximum Gasteiger partial charge on any atom is 0.307 e. The number of rotatable bonds is 3. The first kappa shape index (κ1) is 12.1. The Balaban J connectivity index is 3.31. The molecule has 0 fully saturated rings. The third-order valence-corrected chi connectivity index (χ3v) is 2.28. The fraction of sp³-hybridized carbons (Fsp3) is 0.273. The molecule has 0 radical (unpaired) electrons. The summed E-state index contributed by atoms with van der Waals surface area (Å²) in [5.74, 6) is -1.10. The Morgan fingerprint density at radius 3 is 2.62 bits per heavy atom. The van der Waals surface area contributed by atoms with Gasteiger partial charge >= 0.3 is 5.97 Å². The average molecular weight is 225 g/mol. The summed E-state index contributed by atoms with van der Waals surface area (Å²) in [6, 6.07) is 4.20. The van der Waals surface area contributed by atoms with Crippen molar-refractivity contribution < 1.29 is 18.7 Å². The summed E-state index contributed by atoms with van der Waals surface area (Å²) >= 11 is 0. The summed E-state index contributed by atoms with van der Waals surface area (Å²) in [6.07, 6.45) is -3.00. The molecule has 1 aromatic carbocycles. The zero-order valence-corrected chi connectivity index (χ0v) is 8.50. The second-order valence-electron chi connectivity index (χ2n) is 3.30. The molecule has 0 atom stereocenters. The van der Waals surface area contributed by atoms with Crippen LogP contribution in [0.5, 0.6) is 0 Å². The molecule has 0 unspecified atom stereocenters. The Bertz CT molecular complexity index is 464. The van der Waals surface area contributed by atoms with Crippen LogP contribution < -0.4 is 0 Å². The van der Waals surface area contributed by atoms with E-state index in [9.17, 15) is 13.6 Å². The van der Waals surface area contributed by atoms with E-state index >= 15 is 0 Å². The maximum atomic E-state index is 12.5. The summed E-state index contributed by atoms with van der Waals surface area (Å²) in [4.78, 5) is 10.5. The van der Waals surface area contributed by atoms with Crippen LogP contribution in [0.4, 0.5) is 8.78 Å². The molecule has 3 nitrogen and oxygen atoms in total. The van der Waals surface area contributed by atoms with Crippen molar-refractivity contribution in [1.82, 2.24) is 0 Å². The van der Waals surface area contributed by atoms with E-state index in [0.717, 1.165) is 0 Å². The quantitative estimate of drug-likeness (QED) is 0.859. The van der Waals surface area contributed by atoms with Crippen molar-refractivity contribution in [3.05, 3.63) is 34.4 Å². The number of aliphatic carboxylic acids is 1. The van der Waals surface area contributed by atoms with Crippen molar-refractivity contribution in [2.24, 2.45) is 0 Å². The van der Waals surface area contributed by atoms with Gasteiger partial charge in [-0.1, -0.05) is 12.1 Å². The molecule has 0 bridgehead atoms. The first-order valence-electron chi connectivity index (χ1n) is 4.49. The lowest BCUT2D eigenvalue weighted by Crippen LogP contribution is -2.05. The van der Waals surface area contributed by atoms with E-state index in [1.165, 1.54) is 19.1 Å². The third kappa shape index (κ3) is 2.34. The van der Waals surface area contributed by atoms with Crippen molar-refractivity contribution in [3.63, 3.8) is 0 Å². The van der Waals surface area contributed by atoms with Crippen molar-refractivity contribution in [1.29, 1.82) is 5.26 Å². The van der Waals surface area contributed by atoms with Gasteiger partial charge in [-0.2, -0.15) is 5.26 Å². The molecular weight excluding hydrogens is 216 g/mol. The molecule has 1 aromatic rings. The highest BCUT2D eigenvalue weighted by Gasteiger charge is 2.17. The molecule has 0 saturated heterocycles. The number of carboxylic acids is 1. The molecule has 0 aliphatic carbocycles. The summed E-state index contributed by atoms with van der Waals surface area (Å²) < 4.78 is 25.0. The first-order chi connectivity index (χ1) is 7.47. The standard InChI is InChI=1S/C11H9F2NO2/c1-6-8(11(12)13)3-2-7(4-10(15)16)9(6)5-14/h2-3,11H,4H2,1H3,(H,15,16). The van der Waals surface area contributed by atoms with Crippen LogP contribution in [-0.2, 0) is 11.2 Å². The summed E-state index contributed by atoms with van der Waals surface area (Å²) in [7, 11) is 0. The zero-order chi connectivity index (χ0) is 12.3. The van der Waals surface area contributed by atoms with E-state index in [4.69, 9.17) is 10.4 Å². The molecule has 0 aromatic heterocycles. The van der Waals surface area contributed by atoms with E-state index < -0.39 is 12.4 Å². The summed E-state index contributed by atoms with van der Waals surface area (Å²) in [6.45, 7) is 1.39. The van der Waals surface area contributed by atoms with Crippen molar-refractivity contribution >= 4 is 5.97 Å². The summed E-state index contributed by atoms with van der Waals surface area (Å²) in [5.41, 5.74) is 0.207. The second-order valence-corrected chi connectivity index (χ2v) is 3.30. The topological polar surface area (TPSA) is 61.1 Å². The number of alkyl halides is 2. The molecule has 5 heteroatoms. The molecule has 0 spiro atoms. The number of carbonyl (C=O) groups is 1. The molecule has 1 rings (SSSR count). The minimum absolute atomic E-state index is 0.0280. The van der Waals surface area contributed by atoms with Gasteiger partial charge in [0.1, 0.15) is 0 Å². The monoisotopic (exact) mass is 225 g/mol. The Hall–Kier alpha value is -1.96. The number of nitriles is 1. The molecule has 0 amide bonds. The van der Waals surface area contributed by atoms with E-state index in [1.54, 1.807) is 6.07 Å². The minimum atomic E-state index is -2.66. The van der Waals surface area contributed by atoms with Crippen molar-refractivity contribution in [2.45, 2.75) is 19.8 Å². The van der Waals surface area contributed by atoms with Gasteiger partial charge in [0.05, 0.1) is 18.1 Å². The number of hydrogen-bond donors (Lipinski definition) is 1. The van der Waals surface area contributed by atoms with Crippen molar-refractivity contribution in [3.8, 4) is 6.07 Å². The van der Waals surface area contributed by atoms with E-state index in [0.29, 0.717) is 0 Å². The molecule has 84 valence electrons. The van der Waals surface area contributed by atoms with Crippen molar-refractivity contribution in [2.75, 3.05) is 0 Å². The van der Waals surface area contributed by atoms with Gasteiger partial charge in [0.15, 0.2) is 0 Å². The molecule has 16 heavy (non-hydrogen) atoms. The fourth-order valence-corrected chi connectivity index (χ4v) is 1.49. The van der Waals surface area contributed by atoms with Crippen LogP contribution in [0.25, 0.3) is 0 Å². The van der Waals surface area contributed by atoms with Gasteiger partial charge < -0.3 is 5.11 Å². The zero-order valence-electron chi connectivity index (χ0n) is 8.50. The van der Waals surface area contributed by atoms with E-state index in [1.807, 2.05) is 0 Å². The number of halogens is 2. The molecule has 0 aliphatic heterocycles. The number of nitrogens with zero attached hydrogens (tertiary/aromatic N) is 1. The molecular formula is C11H9F2NO2. The Labute approximate surface area is 90.9 Å². The lowest BCUT2D eigenvalue weighted by molar-refractivity contribution is -0.136. The minimum Gasteiger partial charge on any atom is -0.481 e. The lowest BCUT2D eigenvalue weighted by atomic mass is 9.96. The van der Waals surface area contributed by atoms with Crippen LogP contribution in [0, 0.1) is 18.3 Å². The van der Waals surface area contributed by atoms with Gasteiger partial charge in [0.2, 0.25) is 0 Å². The van der Waals surface area contributed by atoms with Gasteiger partial charge in [-0.15, -0.1) is 0 Å². The van der Waals surface area contributed by atoms with Crippen LogP contribution in [0.15, 0.2) is 12.1 Å². The molecule has 0 heterocycles. The molecule has 0 aliphatic rings. The van der Waals surface area contributed by atoms with Gasteiger partial charge in [-0.25, -0.2) is 8.78 Å². The third-order valence-electron chi connectivity index (χ3n) is 2.28. The highest BCUT2D eigenvalue weighted by molar-refractivity contribution is 5.72. The predicted octanol–water partition coefficient (Wildman–Crippen LogP) is 2.43. The lowest BCUT2D eigenvalue weighted by Gasteiger charge is -2.09. The number of hydrogen-bond acceptors (Lipinski definition) is 2. The van der Waals surface area contributed by atoms with Crippen LogP contribution >= 0.6 is 0 Å². The van der Waals surface area contributed by atoms with Gasteiger partial charge in [0, 0.05) is 5.56 Å². The van der Waals surface area contributed by atoms with Gasteiger partial charge in [0.25, 0.3) is 6.43 Å². The predicted molar refractivity (Wildman–Crippen MR) is 52.2 cm³/mol. The number of carboxylic acid groups (broad SMARTS) is 1. The van der Waals surface area contributed by atoms with E-state index in [-0.39, 0.29) is 28.7 Å². The highest BCUT2D eigenvalue weighted by Crippen LogP contribution is 2.26. The Kier molecular flexibility index (Phi) is 3.56. The first-order valence-corrected chi connectivity index (χ1v) is 4.49. The summed E-state index contributed by atoms with van der Waals surface area (Å²) in [5, 5.41) is 17.4. The van der Waals surface area contributed by atoms with E-state index in [2.05, 4.69) is 0 Å². The fourth-order valence-electron chi connectivity index (χ4n) is 1.49. The van der Waals surface area contributed by atoms with Crippen LogP contribution in [0.1, 0.15) is 28.7 Å². The second kappa shape index (κ2) is 4.71. The number of benzene rings is 1. The normalized spacial score (nSPS) is 10.2. The van der Waals surface area contributed by atoms with Crippen LogP contribution in [0.3, 0.4) is 0 Å². The average Bonchev–Trinajstić information content (AvgIpc) is 2.16. The Morgan fingerprint density at radius 2 is 2.19 bits per heavy atom. The highest BCUT2D eigenvalue weighted by atomic mass is 19.3. The smallest absolute Gasteiger partial charge is 0.307 e. The van der Waals surface area contributed by atoms with Crippen LogP contribution in [-0.4, -0.2) is 11.1 Å². The SMILES string of the molecule is Cc1c(C(F)F)ccc(CC(=O)O)c1C#N. The maximum absolute atomic E-state index is 12.5. The Morgan fingerprint density at radius 1 is 1.56 bits per heavy atom. The van der Waals surface area contributed by atoms with Gasteiger partial charge in [-0.3, -0.25) is 4.79 Å². The van der Waals surface area contributed by atoms with Gasteiger partial charge in [-0.05, 0) is 18.1 Å². The largest absolute Gasteiger partial charge is 0.481 e.